The van der Waals surface area contributed by atoms with Gasteiger partial charge in [0.15, 0.2) is 0 Å². The van der Waals surface area contributed by atoms with Crippen molar-refractivity contribution in [2.75, 3.05) is 5.32 Å². The second kappa shape index (κ2) is 9.88. The van der Waals surface area contributed by atoms with Crippen molar-refractivity contribution >= 4 is 52.2 Å². The summed E-state index contributed by atoms with van der Waals surface area (Å²) >= 11 is 12.0. The Morgan fingerprint density at radius 3 is 2.32 bits per heavy atom. The number of halogens is 2. The molecular formula is C22H14Cl2N3O4-. The monoisotopic (exact) mass is 454 g/mol. The van der Waals surface area contributed by atoms with E-state index in [1.54, 1.807) is 30.3 Å². The van der Waals surface area contributed by atoms with Crippen LogP contribution in [0, 0.1) is 0 Å². The number of anilines is 1. The maximum Gasteiger partial charge on any atom is 0.337 e. The van der Waals surface area contributed by atoms with E-state index in [9.17, 15) is 19.8 Å². The summed E-state index contributed by atoms with van der Waals surface area (Å²) in [5, 5.41) is 32.9. The summed E-state index contributed by atoms with van der Waals surface area (Å²) in [4.78, 5) is 24.3. The van der Waals surface area contributed by atoms with E-state index in [1.807, 2.05) is 0 Å². The predicted octanol–water partition coefficient (Wildman–Crippen LogP) is 5.14. The smallest absolute Gasteiger partial charge is 0.337 e. The molecule has 31 heavy (non-hydrogen) atoms. The molecule has 9 heteroatoms. The molecule has 1 amide bonds. The highest BCUT2D eigenvalue weighted by molar-refractivity contribution is 6.36. The minimum absolute atomic E-state index is 0.0121. The first-order valence-electron chi connectivity index (χ1n) is 8.84. The summed E-state index contributed by atoms with van der Waals surface area (Å²) in [6, 6.07) is 18.3. The first-order chi connectivity index (χ1) is 14.9. The van der Waals surface area contributed by atoms with Crippen LogP contribution in [0.25, 0.3) is 5.76 Å². The summed E-state index contributed by atoms with van der Waals surface area (Å²) in [5.74, 6) is -2.80. The lowest BCUT2D eigenvalue weighted by molar-refractivity contribution is -0.245. The minimum Gasteiger partial charge on any atom is -0.870 e. The molecule has 0 heterocycles. The number of hydrogen-bond donors (Lipinski definition) is 2. The van der Waals surface area contributed by atoms with E-state index >= 15 is 0 Å². The van der Waals surface area contributed by atoms with E-state index in [0.717, 1.165) is 0 Å². The molecule has 0 aliphatic carbocycles. The van der Waals surface area contributed by atoms with E-state index in [2.05, 4.69) is 15.5 Å². The number of carbonyl (C=O) groups is 2. The maximum absolute atomic E-state index is 12.9. The fourth-order valence-corrected chi connectivity index (χ4v) is 2.88. The summed E-state index contributed by atoms with van der Waals surface area (Å²) in [6.07, 6.45) is 0. The van der Waals surface area contributed by atoms with Gasteiger partial charge in [-0.15, -0.1) is 10.2 Å². The van der Waals surface area contributed by atoms with Crippen LogP contribution in [0.5, 0.6) is 0 Å². The quantitative estimate of drug-likeness (QED) is 0.304. The van der Waals surface area contributed by atoms with E-state index in [0.29, 0.717) is 5.02 Å². The molecule has 0 aliphatic heterocycles. The number of aromatic carboxylic acids is 1. The van der Waals surface area contributed by atoms with Gasteiger partial charge in [-0.1, -0.05) is 71.4 Å². The van der Waals surface area contributed by atoms with Crippen LogP contribution in [0.1, 0.15) is 15.9 Å². The Balaban J connectivity index is 2.05. The highest BCUT2D eigenvalue weighted by Crippen LogP contribution is 2.27. The molecule has 3 aromatic carbocycles. The molecule has 0 bridgehead atoms. The molecule has 0 saturated carbocycles. The second-order valence-electron chi connectivity index (χ2n) is 6.14. The normalized spacial score (nSPS) is 11.8. The number of amides is 1. The summed E-state index contributed by atoms with van der Waals surface area (Å²) in [6.45, 7) is 0. The number of carbonyl (C=O) groups excluding carboxylic acids is 1. The summed E-state index contributed by atoms with van der Waals surface area (Å²) < 4.78 is 0. The van der Waals surface area contributed by atoms with Crippen LogP contribution in [0.4, 0.5) is 11.4 Å². The zero-order valence-corrected chi connectivity index (χ0v) is 17.3. The van der Waals surface area contributed by atoms with Crippen LogP contribution in [0.15, 0.2) is 88.7 Å². The molecule has 0 unspecified atom stereocenters. The first kappa shape index (κ1) is 22.0. The van der Waals surface area contributed by atoms with Crippen molar-refractivity contribution in [3.05, 3.63) is 99.7 Å². The predicted molar refractivity (Wildman–Crippen MR) is 116 cm³/mol. The molecule has 0 spiro atoms. The van der Waals surface area contributed by atoms with Crippen LogP contribution in [-0.4, -0.2) is 17.0 Å². The molecule has 2 N–H and O–H groups in total. The van der Waals surface area contributed by atoms with E-state index in [4.69, 9.17) is 23.2 Å². The maximum atomic E-state index is 12.9. The van der Waals surface area contributed by atoms with Gasteiger partial charge in [0.2, 0.25) is 0 Å². The number of nitrogens with zero attached hydrogens (tertiary/aromatic N) is 2. The summed E-state index contributed by atoms with van der Waals surface area (Å²) in [7, 11) is 0. The van der Waals surface area contributed by atoms with E-state index < -0.39 is 23.3 Å². The van der Waals surface area contributed by atoms with Gasteiger partial charge >= 0.3 is 5.97 Å². The number of rotatable bonds is 6. The fourth-order valence-electron chi connectivity index (χ4n) is 2.54. The molecule has 0 aliphatic rings. The summed E-state index contributed by atoms with van der Waals surface area (Å²) in [5.41, 5.74) is -0.311. The Morgan fingerprint density at radius 1 is 0.935 bits per heavy atom. The van der Waals surface area contributed by atoms with Crippen LogP contribution in [-0.2, 0) is 4.79 Å². The van der Waals surface area contributed by atoms with Crippen LogP contribution in [0.2, 0.25) is 10.0 Å². The van der Waals surface area contributed by atoms with Gasteiger partial charge in [0.25, 0.3) is 5.91 Å². The van der Waals surface area contributed by atoms with Gasteiger partial charge in [-0.3, -0.25) is 4.79 Å². The number of hydrogen-bond acceptors (Lipinski definition) is 5. The lowest BCUT2D eigenvalue weighted by Crippen LogP contribution is -2.19. The minimum atomic E-state index is -1.22. The van der Waals surface area contributed by atoms with Crippen molar-refractivity contribution in [1.82, 2.24) is 0 Å². The SMILES string of the molecule is O=C(Nc1cc(Cl)ccc1Cl)/C(N=Nc1ccccc1C(=O)O)=C(/[O-])c1ccccc1. The standard InChI is InChI=1S/C22H15Cl2N3O4/c23-14-10-11-16(24)18(12-14)25-21(29)19(20(28)13-6-2-1-3-7-13)27-26-17-9-5-4-8-15(17)22(30)31/h1-12,28H,(H,25,29)(H,30,31)/p-1/b20-19-,27-26?. The van der Waals surface area contributed by atoms with Crippen molar-refractivity contribution in [3.63, 3.8) is 0 Å². The van der Waals surface area contributed by atoms with Crippen molar-refractivity contribution in [2.24, 2.45) is 10.2 Å². The fraction of sp³-hybridized carbons (Fsp3) is 0. The van der Waals surface area contributed by atoms with Gasteiger partial charge in [0.1, 0.15) is 11.4 Å². The van der Waals surface area contributed by atoms with Crippen LogP contribution < -0.4 is 10.4 Å². The van der Waals surface area contributed by atoms with Crippen molar-refractivity contribution < 1.29 is 19.8 Å². The van der Waals surface area contributed by atoms with Gasteiger partial charge < -0.3 is 15.5 Å². The van der Waals surface area contributed by atoms with Gasteiger partial charge in [-0.2, -0.15) is 0 Å². The third-order valence-electron chi connectivity index (χ3n) is 4.03. The van der Waals surface area contributed by atoms with Gasteiger partial charge in [0, 0.05) is 5.02 Å². The highest BCUT2D eigenvalue weighted by atomic mass is 35.5. The molecule has 0 fully saturated rings. The van der Waals surface area contributed by atoms with Gasteiger partial charge in [-0.25, -0.2) is 4.79 Å². The Morgan fingerprint density at radius 2 is 1.61 bits per heavy atom. The lowest BCUT2D eigenvalue weighted by Gasteiger charge is -2.16. The molecule has 7 nitrogen and oxygen atoms in total. The molecule has 156 valence electrons. The van der Waals surface area contributed by atoms with Gasteiger partial charge in [0.05, 0.1) is 16.3 Å². The number of carboxylic acids is 1. The van der Waals surface area contributed by atoms with E-state index in [1.165, 1.54) is 42.5 Å². The number of azo groups is 1. The van der Waals surface area contributed by atoms with Crippen LogP contribution in [0.3, 0.4) is 0 Å². The Labute approximate surface area is 187 Å². The zero-order chi connectivity index (χ0) is 22.4. The van der Waals surface area contributed by atoms with Crippen molar-refractivity contribution in [1.29, 1.82) is 0 Å². The molecule has 3 rings (SSSR count). The second-order valence-corrected chi connectivity index (χ2v) is 6.99. The van der Waals surface area contributed by atoms with Gasteiger partial charge in [-0.05, 0) is 35.9 Å². The van der Waals surface area contributed by atoms with Crippen molar-refractivity contribution in [2.45, 2.75) is 0 Å². The molecule has 0 atom stereocenters. The Bertz CT molecular complexity index is 1190. The van der Waals surface area contributed by atoms with Crippen molar-refractivity contribution in [3.8, 4) is 0 Å². The average Bonchev–Trinajstić information content (AvgIpc) is 2.77. The number of carboxylic acid groups (broad SMARTS) is 1. The largest absolute Gasteiger partial charge is 0.870 e. The molecule has 3 aromatic rings. The first-order valence-corrected chi connectivity index (χ1v) is 9.59. The number of benzene rings is 3. The topological polar surface area (TPSA) is 114 Å². The molecular weight excluding hydrogens is 441 g/mol. The molecule has 0 aromatic heterocycles. The van der Waals surface area contributed by atoms with Crippen LogP contribution >= 0.6 is 23.2 Å². The Hall–Kier alpha value is -3.68. The number of nitrogens with one attached hydrogen (secondary N) is 1. The zero-order valence-electron chi connectivity index (χ0n) is 15.8. The third-order valence-corrected chi connectivity index (χ3v) is 4.60. The lowest BCUT2D eigenvalue weighted by atomic mass is 10.1. The molecule has 0 saturated heterocycles. The average molecular weight is 455 g/mol. The molecule has 0 radical (unpaired) electrons. The van der Waals surface area contributed by atoms with E-state index in [-0.39, 0.29) is 27.5 Å². The highest BCUT2D eigenvalue weighted by Gasteiger charge is 2.15. The third kappa shape index (κ3) is 5.48. The Kier molecular flexibility index (Phi) is 7.02.